The Kier molecular flexibility index (Phi) is 4.17. The van der Waals surface area contributed by atoms with Gasteiger partial charge in [0, 0.05) is 30.4 Å². The number of hydrogen-bond donors (Lipinski definition) is 1. The molecule has 0 aliphatic carbocycles. The lowest BCUT2D eigenvalue weighted by Crippen LogP contribution is -2.13. The SMILES string of the molecule is Cc1c(CO/N=C(\N)c2cnn(C)c2)cccc1[N+](=O)[O-]. The Morgan fingerprint density at radius 3 is 2.95 bits per heavy atom. The summed E-state index contributed by atoms with van der Waals surface area (Å²) in [6.07, 6.45) is 3.28. The fourth-order valence-corrected chi connectivity index (χ4v) is 1.80. The molecular weight excluding hydrogens is 274 g/mol. The molecule has 1 aromatic heterocycles. The lowest BCUT2D eigenvalue weighted by Gasteiger charge is -2.05. The first-order valence-electron chi connectivity index (χ1n) is 6.16. The molecule has 0 aliphatic rings. The Balaban J connectivity index is 2.07. The number of oxime groups is 1. The molecule has 1 aromatic carbocycles. The number of amidine groups is 1. The van der Waals surface area contributed by atoms with Crippen molar-refractivity contribution in [1.82, 2.24) is 9.78 Å². The van der Waals surface area contributed by atoms with Crippen molar-refractivity contribution in [3.63, 3.8) is 0 Å². The van der Waals surface area contributed by atoms with Gasteiger partial charge in [-0.2, -0.15) is 5.10 Å². The van der Waals surface area contributed by atoms with Gasteiger partial charge in [0.1, 0.15) is 6.61 Å². The normalized spacial score (nSPS) is 11.4. The number of nitro benzene ring substituents is 1. The van der Waals surface area contributed by atoms with Crippen molar-refractivity contribution in [2.75, 3.05) is 0 Å². The first-order valence-corrected chi connectivity index (χ1v) is 6.16. The van der Waals surface area contributed by atoms with Crippen LogP contribution in [-0.2, 0) is 18.5 Å². The third kappa shape index (κ3) is 3.35. The van der Waals surface area contributed by atoms with Crippen molar-refractivity contribution in [3.8, 4) is 0 Å². The molecule has 0 fully saturated rings. The third-order valence-corrected chi connectivity index (χ3v) is 3.00. The quantitative estimate of drug-likeness (QED) is 0.388. The number of nitrogens with two attached hydrogens (primary N) is 1. The highest BCUT2D eigenvalue weighted by Gasteiger charge is 2.13. The molecule has 0 saturated carbocycles. The van der Waals surface area contributed by atoms with Gasteiger partial charge in [-0.25, -0.2) is 0 Å². The number of nitro groups is 1. The average molecular weight is 289 g/mol. The van der Waals surface area contributed by atoms with Gasteiger partial charge in [-0.15, -0.1) is 0 Å². The Morgan fingerprint density at radius 1 is 1.57 bits per heavy atom. The van der Waals surface area contributed by atoms with Crippen LogP contribution in [0.25, 0.3) is 0 Å². The summed E-state index contributed by atoms with van der Waals surface area (Å²) in [5.74, 6) is 0.200. The molecule has 1 heterocycles. The van der Waals surface area contributed by atoms with Crippen LogP contribution in [0.15, 0.2) is 35.7 Å². The largest absolute Gasteiger partial charge is 0.389 e. The third-order valence-electron chi connectivity index (χ3n) is 3.00. The van der Waals surface area contributed by atoms with Crippen molar-refractivity contribution in [2.24, 2.45) is 17.9 Å². The fourth-order valence-electron chi connectivity index (χ4n) is 1.80. The van der Waals surface area contributed by atoms with E-state index >= 15 is 0 Å². The summed E-state index contributed by atoms with van der Waals surface area (Å²) in [5.41, 5.74) is 7.69. The highest BCUT2D eigenvalue weighted by Crippen LogP contribution is 2.21. The minimum Gasteiger partial charge on any atom is -0.389 e. The number of hydrogen-bond acceptors (Lipinski definition) is 5. The van der Waals surface area contributed by atoms with E-state index in [2.05, 4.69) is 10.3 Å². The Labute approximate surface area is 121 Å². The van der Waals surface area contributed by atoms with E-state index in [1.165, 1.54) is 6.07 Å². The van der Waals surface area contributed by atoms with E-state index in [4.69, 9.17) is 10.6 Å². The molecule has 0 amide bonds. The summed E-state index contributed by atoms with van der Waals surface area (Å²) in [4.78, 5) is 15.6. The van der Waals surface area contributed by atoms with Crippen LogP contribution < -0.4 is 5.73 Å². The zero-order valence-electron chi connectivity index (χ0n) is 11.7. The number of aryl methyl sites for hydroxylation is 1. The number of rotatable bonds is 5. The standard InChI is InChI=1S/C13H15N5O3/c1-9-10(4-3-5-12(9)18(19)20)8-21-16-13(14)11-6-15-17(2)7-11/h3-7H,8H2,1-2H3,(H2,14,16). The van der Waals surface area contributed by atoms with Crippen LogP contribution >= 0.6 is 0 Å². The molecule has 0 atom stereocenters. The van der Waals surface area contributed by atoms with Crippen LogP contribution in [0.1, 0.15) is 16.7 Å². The fraction of sp³-hybridized carbons (Fsp3) is 0.231. The maximum absolute atomic E-state index is 10.9. The van der Waals surface area contributed by atoms with E-state index in [0.29, 0.717) is 16.7 Å². The maximum atomic E-state index is 10.9. The summed E-state index contributed by atoms with van der Waals surface area (Å²) >= 11 is 0. The second-order valence-electron chi connectivity index (χ2n) is 4.47. The van der Waals surface area contributed by atoms with Gasteiger partial charge >= 0.3 is 0 Å². The summed E-state index contributed by atoms with van der Waals surface area (Å²) < 4.78 is 1.60. The Morgan fingerprint density at radius 2 is 2.33 bits per heavy atom. The molecule has 110 valence electrons. The van der Waals surface area contributed by atoms with E-state index in [-0.39, 0.29) is 18.1 Å². The van der Waals surface area contributed by atoms with Crippen LogP contribution in [0.3, 0.4) is 0 Å². The Hall–Kier alpha value is -2.90. The second kappa shape index (κ2) is 6.04. The number of aromatic nitrogens is 2. The molecular formula is C13H15N5O3. The lowest BCUT2D eigenvalue weighted by molar-refractivity contribution is -0.385. The maximum Gasteiger partial charge on any atom is 0.272 e. The molecule has 0 aliphatic heterocycles. The summed E-state index contributed by atoms with van der Waals surface area (Å²) in [7, 11) is 1.77. The number of benzene rings is 1. The first kappa shape index (κ1) is 14.5. The molecule has 21 heavy (non-hydrogen) atoms. The molecule has 0 unspecified atom stereocenters. The van der Waals surface area contributed by atoms with Gasteiger partial charge in [-0.3, -0.25) is 14.8 Å². The highest BCUT2D eigenvalue weighted by atomic mass is 16.6. The zero-order chi connectivity index (χ0) is 15.4. The van der Waals surface area contributed by atoms with Crippen LogP contribution in [0.2, 0.25) is 0 Å². The van der Waals surface area contributed by atoms with Gasteiger partial charge in [0.25, 0.3) is 5.69 Å². The van der Waals surface area contributed by atoms with Crippen molar-refractivity contribution in [1.29, 1.82) is 0 Å². The average Bonchev–Trinajstić information content (AvgIpc) is 2.87. The van der Waals surface area contributed by atoms with E-state index in [0.717, 1.165) is 0 Å². The minimum absolute atomic E-state index is 0.0558. The van der Waals surface area contributed by atoms with E-state index in [1.54, 1.807) is 43.2 Å². The van der Waals surface area contributed by atoms with Crippen molar-refractivity contribution in [3.05, 3.63) is 57.4 Å². The van der Waals surface area contributed by atoms with Crippen molar-refractivity contribution in [2.45, 2.75) is 13.5 Å². The van der Waals surface area contributed by atoms with Gasteiger partial charge in [0.2, 0.25) is 0 Å². The van der Waals surface area contributed by atoms with Crippen molar-refractivity contribution >= 4 is 11.5 Å². The van der Waals surface area contributed by atoms with Gasteiger partial charge in [0.05, 0.1) is 16.7 Å². The minimum atomic E-state index is -0.425. The van der Waals surface area contributed by atoms with Gasteiger partial charge in [-0.05, 0) is 6.92 Å². The smallest absolute Gasteiger partial charge is 0.272 e. The predicted octanol–water partition coefficient (Wildman–Crippen LogP) is 1.47. The predicted molar refractivity (Wildman–Crippen MR) is 76.6 cm³/mol. The first-order chi connectivity index (χ1) is 9.99. The molecule has 2 aromatic rings. The molecule has 2 N–H and O–H groups in total. The molecule has 0 spiro atoms. The van der Waals surface area contributed by atoms with E-state index < -0.39 is 4.92 Å². The van der Waals surface area contributed by atoms with E-state index in [9.17, 15) is 10.1 Å². The molecule has 0 radical (unpaired) electrons. The van der Waals surface area contributed by atoms with Gasteiger partial charge in [0.15, 0.2) is 5.84 Å². The molecule has 8 heteroatoms. The second-order valence-corrected chi connectivity index (χ2v) is 4.47. The highest BCUT2D eigenvalue weighted by molar-refractivity contribution is 5.96. The Bertz CT molecular complexity index is 693. The molecule has 0 bridgehead atoms. The van der Waals surface area contributed by atoms with E-state index in [1.807, 2.05) is 0 Å². The van der Waals surface area contributed by atoms with Crippen LogP contribution in [-0.4, -0.2) is 20.5 Å². The molecule has 8 nitrogen and oxygen atoms in total. The van der Waals surface area contributed by atoms with Gasteiger partial charge in [-0.1, -0.05) is 17.3 Å². The van der Waals surface area contributed by atoms with Crippen LogP contribution in [0.4, 0.5) is 5.69 Å². The zero-order valence-corrected chi connectivity index (χ0v) is 11.7. The van der Waals surface area contributed by atoms with Crippen molar-refractivity contribution < 1.29 is 9.76 Å². The molecule has 2 rings (SSSR count). The summed E-state index contributed by atoms with van der Waals surface area (Å²) in [6.45, 7) is 1.78. The lowest BCUT2D eigenvalue weighted by atomic mass is 10.1. The topological polar surface area (TPSA) is 109 Å². The monoisotopic (exact) mass is 289 g/mol. The number of nitrogens with zero attached hydrogens (tertiary/aromatic N) is 4. The van der Waals surface area contributed by atoms with Gasteiger partial charge < -0.3 is 10.6 Å². The summed E-state index contributed by atoms with van der Waals surface area (Å²) in [5, 5.41) is 18.6. The summed E-state index contributed by atoms with van der Waals surface area (Å²) in [6, 6.07) is 4.81. The molecule has 0 saturated heterocycles. The van der Waals surface area contributed by atoms with Crippen LogP contribution in [0, 0.1) is 17.0 Å². The van der Waals surface area contributed by atoms with Crippen LogP contribution in [0.5, 0.6) is 0 Å².